The largest absolute Gasteiger partial charge is 0.353 e. The van der Waals surface area contributed by atoms with Crippen molar-refractivity contribution >= 4 is 27.4 Å². The molecule has 1 saturated heterocycles. The first kappa shape index (κ1) is 13.6. The van der Waals surface area contributed by atoms with Crippen molar-refractivity contribution < 1.29 is 0 Å². The van der Waals surface area contributed by atoms with Gasteiger partial charge in [0, 0.05) is 38.6 Å². The lowest BCUT2D eigenvalue weighted by atomic mass is 10.3. The third-order valence-corrected chi connectivity index (χ3v) is 4.96. The smallest absolute Gasteiger partial charge is 0.147 e. The van der Waals surface area contributed by atoms with Crippen LogP contribution in [0.2, 0.25) is 0 Å². The van der Waals surface area contributed by atoms with Crippen molar-refractivity contribution in [3.63, 3.8) is 0 Å². The molecule has 112 valence electrons. The quantitative estimate of drug-likeness (QED) is 0.743. The minimum Gasteiger partial charge on any atom is -0.353 e. The molecule has 0 aliphatic carbocycles. The van der Waals surface area contributed by atoms with Gasteiger partial charge in [0.1, 0.15) is 10.8 Å². The lowest BCUT2D eigenvalue weighted by Gasteiger charge is -2.34. The standard InChI is InChI=1S/C16H17N5S/c1-2-4-14-13(3-1)19-16(22-14)12-20-7-9-21(10-8-20)15-11-17-5-6-18-15/h1-6,11H,7-10,12H2. The van der Waals surface area contributed by atoms with Gasteiger partial charge in [-0.25, -0.2) is 9.97 Å². The SMILES string of the molecule is c1ccc2sc(CN3CCN(c4cnccn4)CC3)nc2c1. The van der Waals surface area contributed by atoms with E-state index >= 15 is 0 Å². The van der Waals surface area contributed by atoms with Gasteiger partial charge in [0.2, 0.25) is 0 Å². The predicted molar refractivity (Wildman–Crippen MR) is 89.1 cm³/mol. The lowest BCUT2D eigenvalue weighted by Crippen LogP contribution is -2.46. The first-order valence-electron chi connectivity index (χ1n) is 7.46. The zero-order valence-electron chi connectivity index (χ0n) is 12.2. The van der Waals surface area contributed by atoms with E-state index in [4.69, 9.17) is 4.98 Å². The minimum atomic E-state index is 0.938. The average molecular weight is 311 g/mol. The molecule has 0 N–H and O–H groups in total. The molecule has 22 heavy (non-hydrogen) atoms. The highest BCUT2D eigenvalue weighted by Gasteiger charge is 2.19. The Kier molecular flexibility index (Phi) is 3.70. The molecule has 0 unspecified atom stereocenters. The van der Waals surface area contributed by atoms with Gasteiger partial charge in [-0.3, -0.25) is 9.88 Å². The predicted octanol–water partition coefficient (Wildman–Crippen LogP) is 2.41. The molecule has 4 rings (SSSR count). The lowest BCUT2D eigenvalue weighted by molar-refractivity contribution is 0.249. The van der Waals surface area contributed by atoms with Crippen molar-refractivity contribution in [3.8, 4) is 0 Å². The summed E-state index contributed by atoms with van der Waals surface area (Å²) in [6.07, 6.45) is 5.30. The Morgan fingerprint density at radius 3 is 2.68 bits per heavy atom. The number of hydrogen-bond acceptors (Lipinski definition) is 6. The van der Waals surface area contributed by atoms with Crippen molar-refractivity contribution in [3.05, 3.63) is 47.9 Å². The summed E-state index contributed by atoms with van der Waals surface area (Å²) in [5.74, 6) is 0.974. The number of benzene rings is 1. The second-order valence-electron chi connectivity index (χ2n) is 5.40. The molecule has 1 aliphatic rings. The van der Waals surface area contributed by atoms with E-state index in [1.807, 2.05) is 12.3 Å². The number of aromatic nitrogens is 3. The third-order valence-electron chi connectivity index (χ3n) is 3.94. The number of rotatable bonds is 3. The summed E-state index contributed by atoms with van der Waals surface area (Å²) in [6, 6.07) is 8.35. The molecule has 0 saturated carbocycles. The van der Waals surface area contributed by atoms with Crippen molar-refractivity contribution in [2.24, 2.45) is 0 Å². The summed E-state index contributed by atoms with van der Waals surface area (Å²) < 4.78 is 1.27. The summed E-state index contributed by atoms with van der Waals surface area (Å²) in [7, 11) is 0. The monoisotopic (exact) mass is 311 g/mol. The number of fused-ring (bicyclic) bond motifs is 1. The zero-order chi connectivity index (χ0) is 14.8. The summed E-state index contributed by atoms with van der Waals surface area (Å²) in [5.41, 5.74) is 1.11. The maximum Gasteiger partial charge on any atom is 0.147 e. The molecule has 1 fully saturated rings. The van der Waals surface area contributed by atoms with Crippen molar-refractivity contribution in [1.29, 1.82) is 0 Å². The highest BCUT2D eigenvalue weighted by atomic mass is 32.1. The van der Waals surface area contributed by atoms with Crippen molar-refractivity contribution in [2.45, 2.75) is 6.54 Å². The maximum atomic E-state index is 4.72. The maximum absolute atomic E-state index is 4.72. The normalized spacial score (nSPS) is 16.3. The number of para-hydroxylation sites is 1. The molecule has 1 aromatic carbocycles. The Labute approximate surface area is 133 Å². The molecule has 3 aromatic rings. The van der Waals surface area contributed by atoms with E-state index in [-0.39, 0.29) is 0 Å². The average Bonchev–Trinajstić information content (AvgIpc) is 2.98. The second kappa shape index (κ2) is 5.98. The van der Waals surface area contributed by atoms with E-state index in [2.05, 4.69) is 38.0 Å². The molecule has 3 heterocycles. The molecular formula is C16H17N5S. The fourth-order valence-electron chi connectivity index (χ4n) is 2.77. The van der Waals surface area contributed by atoms with Crippen LogP contribution in [0.1, 0.15) is 5.01 Å². The molecule has 0 bridgehead atoms. The first-order chi connectivity index (χ1) is 10.9. The fourth-order valence-corrected chi connectivity index (χ4v) is 3.78. The summed E-state index contributed by atoms with van der Waals surface area (Å²) in [5, 5.41) is 1.20. The van der Waals surface area contributed by atoms with Gasteiger partial charge in [-0.1, -0.05) is 12.1 Å². The Morgan fingerprint density at radius 1 is 1.05 bits per heavy atom. The van der Waals surface area contributed by atoms with Crippen LogP contribution < -0.4 is 4.90 Å². The van der Waals surface area contributed by atoms with E-state index in [1.165, 1.54) is 9.71 Å². The topological polar surface area (TPSA) is 45.2 Å². The van der Waals surface area contributed by atoms with Gasteiger partial charge in [0.15, 0.2) is 0 Å². The third kappa shape index (κ3) is 2.80. The summed E-state index contributed by atoms with van der Waals surface area (Å²) in [6.45, 7) is 4.99. The van der Waals surface area contributed by atoms with Gasteiger partial charge < -0.3 is 4.90 Å². The number of piperazine rings is 1. The molecule has 5 nitrogen and oxygen atoms in total. The Bertz CT molecular complexity index is 716. The van der Waals surface area contributed by atoms with E-state index in [1.54, 1.807) is 23.7 Å². The van der Waals surface area contributed by atoms with Crippen molar-refractivity contribution in [1.82, 2.24) is 19.9 Å². The first-order valence-corrected chi connectivity index (χ1v) is 8.28. The Hall–Kier alpha value is -2.05. The zero-order valence-corrected chi connectivity index (χ0v) is 13.0. The molecule has 2 aromatic heterocycles. The van der Waals surface area contributed by atoms with E-state index in [0.29, 0.717) is 0 Å². The summed E-state index contributed by atoms with van der Waals surface area (Å²) >= 11 is 1.80. The van der Waals surface area contributed by atoms with E-state index < -0.39 is 0 Å². The molecule has 0 spiro atoms. The van der Waals surface area contributed by atoms with Crippen LogP contribution in [0.3, 0.4) is 0 Å². The highest BCUT2D eigenvalue weighted by Crippen LogP contribution is 2.23. The summed E-state index contributed by atoms with van der Waals surface area (Å²) in [4.78, 5) is 18.0. The molecule has 6 heteroatoms. The van der Waals surface area contributed by atoms with Gasteiger partial charge in [-0.2, -0.15) is 0 Å². The van der Waals surface area contributed by atoms with Gasteiger partial charge in [0.05, 0.1) is 23.0 Å². The van der Waals surface area contributed by atoms with Crippen LogP contribution >= 0.6 is 11.3 Å². The molecule has 1 aliphatic heterocycles. The highest BCUT2D eigenvalue weighted by molar-refractivity contribution is 7.18. The van der Waals surface area contributed by atoms with Crippen LogP contribution in [-0.2, 0) is 6.54 Å². The van der Waals surface area contributed by atoms with Crippen LogP contribution in [0.4, 0.5) is 5.82 Å². The molecular weight excluding hydrogens is 294 g/mol. The van der Waals surface area contributed by atoms with Crippen molar-refractivity contribution in [2.75, 3.05) is 31.1 Å². The van der Waals surface area contributed by atoms with Gasteiger partial charge in [-0.05, 0) is 12.1 Å². The van der Waals surface area contributed by atoms with Gasteiger partial charge in [-0.15, -0.1) is 11.3 Å². The van der Waals surface area contributed by atoms with E-state index in [9.17, 15) is 0 Å². The number of nitrogens with zero attached hydrogens (tertiary/aromatic N) is 5. The molecule has 0 atom stereocenters. The van der Waals surface area contributed by atoms with Crippen LogP contribution in [0.25, 0.3) is 10.2 Å². The fraction of sp³-hybridized carbons (Fsp3) is 0.312. The van der Waals surface area contributed by atoms with Gasteiger partial charge >= 0.3 is 0 Å². The van der Waals surface area contributed by atoms with Crippen LogP contribution in [0.5, 0.6) is 0 Å². The van der Waals surface area contributed by atoms with E-state index in [0.717, 1.165) is 44.1 Å². The number of anilines is 1. The van der Waals surface area contributed by atoms with Gasteiger partial charge in [0.25, 0.3) is 0 Å². The second-order valence-corrected chi connectivity index (χ2v) is 6.52. The number of thiazole rings is 1. The Balaban J connectivity index is 1.39. The number of hydrogen-bond donors (Lipinski definition) is 0. The minimum absolute atomic E-state index is 0.938. The molecule has 0 amide bonds. The van der Waals surface area contributed by atoms with Crippen LogP contribution in [0.15, 0.2) is 42.9 Å². The van der Waals surface area contributed by atoms with Crippen LogP contribution in [-0.4, -0.2) is 46.0 Å². The Morgan fingerprint density at radius 2 is 1.91 bits per heavy atom. The van der Waals surface area contributed by atoms with Crippen LogP contribution in [0, 0.1) is 0 Å². The molecule has 0 radical (unpaired) electrons.